The van der Waals surface area contributed by atoms with E-state index in [1.54, 1.807) is 4.80 Å². The normalized spacial score (nSPS) is 10.5. The summed E-state index contributed by atoms with van der Waals surface area (Å²) in [5, 5.41) is 11.5. The van der Waals surface area contributed by atoms with Crippen LogP contribution in [0.25, 0.3) is 17.1 Å². The zero-order valence-corrected chi connectivity index (χ0v) is 10.0. The molecular formula is C14H13N4+. The standard InChI is InChI=1S/C14H12N4/c1-11-7-9-12(10-8-11)14-15-17-18(16-14)13-5-3-2-4-6-13/h2-10H,1H3/p+1. The predicted molar refractivity (Wildman–Crippen MR) is 68.1 cm³/mol. The first-order chi connectivity index (χ1) is 8.83. The van der Waals surface area contributed by atoms with Crippen molar-refractivity contribution in [3.05, 3.63) is 60.2 Å². The Labute approximate surface area is 105 Å². The number of aromatic nitrogens is 4. The van der Waals surface area contributed by atoms with E-state index >= 15 is 0 Å². The van der Waals surface area contributed by atoms with Crippen molar-refractivity contribution in [1.82, 2.24) is 15.4 Å². The highest BCUT2D eigenvalue weighted by Crippen LogP contribution is 2.13. The zero-order valence-electron chi connectivity index (χ0n) is 10.0. The van der Waals surface area contributed by atoms with Crippen LogP contribution in [0.15, 0.2) is 54.6 Å². The Kier molecular flexibility index (Phi) is 2.61. The molecule has 1 heterocycles. The Morgan fingerprint density at radius 3 is 2.39 bits per heavy atom. The molecule has 1 aromatic heterocycles. The topological polar surface area (TPSA) is 45.5 Å². The van der Waals surface area contributed by atoms with Gasteiger partial charge in [-0.25, -0.2) is 0 Å². The van der Waals surface area contributed by atoms with E-state index < -0.39 is 0 Å². The van der Waals surface area contributed by atoms with Crippen LogP contribution in [0.2, 0.25) is 0 Å². The maximum absolute atomic E-state index is 4.43. The molecule has 3 aromatic rings. The molecule has 0 saturated carbocycles. The lowest BCUT2D eigenvalue weighted by molar-refractivity contribution is -0.716. The molecule has 0 saturated heterocycles. The first-order valence-electron chi connectivity index (χ1n) is 5.80. The van der Waals surface area contributed by atoms with Gasteiger partial charge in [-0.05, 0) is 46.3 Å². The number of H-pyrrole nitrogens is 1. The Hall–Kier alpha value is -2.49. The van der Waals surface area contributed by atoms with Gasteiger partial charge in [0.2, 0.25) is 0 Å². The molecule has 0 fully saturated rings. The van der Waals surface area contributed by atoms with Crippen LogP contribution in [0.1, 0.15) is 5.56 Å². The summed E-state index contributed by atoms with van der Waals surface area (Å²) in [5.41, 5.74) is 3.19. The number of hydrogen-bond acceptors (Lipinski definition) is 2. The Bertz CT molecular complexity index is 641. The van der Waals surface area contributed by atoms with Gasteiger partial charge in [-0.2, -0.15) is 0 Å². The summed E-state index contributed by atoms with van der Waals surface area (Å²) in [5.74, 6) is 0.693. The lowest BCUT2D eigenvalue weighted by Crippen LogP contribution is -2.35. The summed E-state index contributed by atoms with van der Waals surface area (Å²) in [6, 6.07) is 18.0. The molecule has 0 radical (unpaired) electrons. The highest BCUT2D eigenvalue weighted by atomic mass is 15.6. The zero-order chi connectivity index (χ0) is 12.4. The highest BCUT2D eigenvalue weighted by molar-refractivity contribution is 5.53. The lowest BCUT2D eigenvalue weighted by atomic mass is 10.1. The van der Waals surface area contributed by atoms with E-state index in [4.69, 9.17) is 0 Å². The minimum absolute atomic E-state index is 0.693. The van der Waals surface area contributed by atoms with Crippen LogP contribution in [0.3, 0.4) is 0 Å². The number of rotatable bonds is 2. The maximum Gasteiger partial charge on any atom is 0.339 e. The third-order valence-electron chi connectivity index (χ3n) is 2.76. The summed E-state index contributed by atoms with van der Waals surface area (Å²) in [6.45, 7) is 2.06. The van der Waals surface area contributed by atoms with Crippen molar-refractivity contribution in [3.8, 4) is 17.1 Å². The van der Waals surface area contributed by atoms with E-state index in [1.807, 2.05) is 42.5 Å². The number of nitrogens with one attached hydrogen (secondary N) is 1. The van der Waals surface area contributed by atoms with Crippen molar-refractivity contribution in [1.29, 1.82) is 0 Å². The van der Waals surface area contributed by atoms with Gasteiger partial charge in [-0.1, -0.05) is 35.9 Å². The smallest absolute Gasteiger partial charge is 0.0620 e. The van der Waals surface area contributed by atoms with E-state index in [0.29, 0.717) is 5.82 Å². The van der Waals surface area contributed by atoms with Gasteiger partial charge in [0.25, 0.3) is 0 Å². The average Bonchev–Trinajstić information content (AvgIpc) is 2.90. The van der Waals surface area contributed by atoms with Crippen LogP contribution < -0.4 is 4.80 Å². The van der Waals surface area contributed by atoms with Crippen LogP contribution in [0.4, 0.5) is 0 Å². The molecule has 0 aliphatic rings. The third-order valence-corrected chi connectivity index (χ3v) is 2.76. The van der Waals surface area contributed by atoms with E-state index in [1.165, 1.54) is 5.56 Å². The number of tetrazole rings is 1. The second kappa shape index (κ2) is 4.41. The molecule has 0 spiro atoms. The maximum atomic E-state index is 4.43. The molecule has 0 amide bonds. The second-order valence-electron chi connectivity index (χ2n) is 4.15. The van der Waals surface area contributed by atoms with E-state index in [9.17, 15) is 0 Å². The largest absolute Gasteiger partial charge is 0.339 e. The van der Waals surface area contributed by atoms with Crippen molar-refractivity contribution < 1.29 is 4.80 Å². The Morgan fingerprint density at radius 2 is 1.67 bits per heavy atom. The molecule has 3 rings (SSSR count). The van der Waals surface area contributed by atoms with E-state index in [0.717, 1.165) is 11.3 Å². The molecule has 0 bridgehead atoms. The van der Waals surface area contributed by atoms with Crippen molar-refractivity contribution in [2.75, 3.05) is 0 Å². The molecular weight excluding hydrogens is 224 g/mol. The van der Waals surface area contributed by atoms with Crippen LogP contribution in [-0.4, -0.2) is 15.4 Å². The second-order valence-corrected chi connectivity index (χ2v) is 4.15. The first-order valence-corrected chi connectivity index (χ1v) is 5.80. The SMILES string of the molecule is Cc1ccc(-c2n[nH][n+](-c3ccccc3)n2)cc1. The molecule has 88 valence electrons. The minimum Gasteiger partial charge on any atom is -0.0620 e. The van der Waals surface area contributed by atoms with Gasteiger partial charge in [0.1, 0.15) is 0 Å². The van der Waals surface area contributed by atoms with Crippen LogP contribution >= 0.6 is 0 Å². The number of benzene rings is 2. The molecule has 4 nitrogen and oxygen atoms in total. The van der Waals surface area contributed by atoms with Gasteiger partial charge in [0.15, 0.2) is 5.69 Å². The summed E-state index contributed by atoms with van der Waals surface area (Å²) < 4.78 is 0. The molecule has 0 unspecified atom stereocenters. The van der Waals surface area contributed by atoms with Crippen molar-refractivity contribution in [2.24, 2.45) is 0 Å². The molecule has 0 atom stereocenters. The molecule has 0 aliphatic carbocycles. The summed E-state index contributed by atoms with van der Waals surface area (Å²) in [7, 11) is 0. The lowest BCUT2D eigenvalue weighted by Gasteiger charge is -1.91. The fourth-order valence-electron chi connectivity index (χ4n) is 1.74. The fraction of sp³-hybridized carbons (Fsp3) is 0.0714. The Balaban J connectivity index is 1.97. The summed E-state index contributed by atoms with van der Waals surface area (Å²) in [4.78, 5) is 1.66. The van der Waals surface area contributed by atoms with E-state index in [-0.39, 0.29) is 0 Å². The van der Waals surface area contributed by atoms with Crippen LogP contribution in [0, 0.1) is 6.92 Å². The molecule has 0 aliphatic heterocycles. The Morgan fingerprint density at radius 1 is 0.944 bits per heavy atom. The van der Waals surface area contributed by atoms with Gasteiger partial charge >= 0.3 is 5.82 Å². The summed E-state index contributed by atoms with van der Waals surface area (Å²) >= 11 is 0. The van der Waals surface area contributed by atoms with E-state index in [2.05, 4.69) is 34.5 Å². The van der Waals surface area contributed by atoms with Gasteiger partial charge in [0.05, 0.1) is 10.7 Å². The third kappa shape index (κ3) is 2.00. The predicted octanol–water partition coefficient (Wildman–Crippen LogP) is 2.06. The number of hydrogen-bond donors (Lipinski definition) is 1. The first kappa shape index (κ1) is 10.7. The molecule has 18 heavy (non-hydrogen) atoms. The van der Waals surface area contributed by atoms with Crippen molar-refractivity contribution >= 4 is 0 Å². The van der Waals surface area contributed by atoms with Gasteiger partial charge in [0, 0.05) is 0 Å². The molecule has 1 N–H and O–H groups in total. The highest BCUT2D eigenvalue weighted by Gasteiger charge is 2.14. The minimum atomic E-state index is 0.693. The monoisotopic (exact) mass is 237 g/mol. The van der Waals surface area contributed by atoms with Crippen LogP contribution in [0.5, 0.6) is 0 Å². The van der Waals surface area contributed by atoms with Gasteiger partial charge in [-0.3, -0.25) is 0 Å². The van der Waals surface area contributed by atoms with Crippen molar-refractivity contribution in [3.63, 3.8) is 0 Å². The van der Waals surface area contributed by atoms with Gasteiger partial charge in [-0.15, -0.1) is 0 Å². The molecule has 4 heteroatoms. The number of aryl methyl sites for hydroxylation is 1. The number of nitrogens with zero attached hydrogens (tertiary/aromatic N) is 3. The summed E-state index contributed by atoms with van der Waals surface area (Å²) in [6.07, 6.45) is 0. The fourth-order valence-corrected chi connectivity index (χ4v) is 1.74. The van der Waals surface area contributed by atoms with Crippen molar-refractivity contribution in [2.45, 2.75) is 6.92 Å². The van der Waals surface area contributed by atoms with Crippen LogP contribution in [-0.2, 0) is 0 Å². The van der Waals surface area contributed by atoms with Gasteiger partial charge < -0.3 is 0 Å². The molecule has 2 aromatic carbocycles. The quantitative estimate of drug-likeness (QED) is 0.693. The average molecular weight is 237 g/mol. The number of aromatic amines is 1. The number of para-hydroxylation sites is 1.